The minimum atomic E-state index is -1.05. The zero-order chi connectivity index (χ0) is 24.9. The Morgan fingerprint density at radius 3 is 2.23 bits per heavy atom. The Morgan fingerprint density at radius 1 is 0.886 bits per heavy atom. The lowest BCUT2D eigenvalue weighted by Gasteiger charge is -2.12. The molecular formula is C27H19NO6S. The first-order chi connectivity index (χ1) is 16.8. The van der Waals surface area contributed by atoms with Crippen molar-refractivity contribution in [3.8, 4) is 5.75 Å². The van der Waals surface area contributed by atoms with Crippen molar-refractivity contribution in [2.24, 2.45) is 0 Å². The molecule has 3 aromatic carbocycles. The third-order valence-corrected chi connectivity index (χ3v) is 6.11. The molecule has 0 aromatic heterocycles. The van der Waals surface area contributed by atoms with Gasteiger partial charge in [0.1, 0.15) is 5.75 Å². The molecule has 0 radical (unpaired) electrons. The van der Waals surface area contributed by atoms with E-state index in [2.05, 4.69) is 0 Å². The van der Waals surface area contributed by atoms with Crippen molar-refractivity contribution in [3.63, 3.8) is 0 Å². The molecule has 2 N–H and O–H groups in total. The highest BCUT2D eigenvalue weighted by atomic mass is 32.2. The molecule has 4 rings (SSSR count). The number of carbonyl (C=O) groups excluding carboxylic acids is 3. The van der Waals surface area contributed by atoms with Gasteiger partial charge in [-0.25, -0.2) is 4.79 Å². The fraction of sp³-hybridized carbons (Fsp3) is 0.0370. The van der Waals surface area contributed by atoms with E-state index < -0.39 is 17.1 Å². The van der Waals surface area contributed by atoms with Crippen LogP contribution in [0.1, 0.15) is 37.4 Å². The van der Waals surface area contributed by atoms with E-state index in [4.69, 9.17) is 5.11 Å². The molecule has 1 saturated heterocycles. The van der Waals surface area contributed by atoms with Gasteiger partial charge in [-0.3, -0.25) is 19.3 Å². The quantitative estimate of drug-likeness (QED) is 0.348. The van der Waals surface area contributed by atoms with Crippen LogP contribution in [0.2, 0.25) is 0 Å². The van der Waals surface area contributed by atoms with Crippen LogP contribution in [0.3, 0.4) is 0 Å². The van der Waals surface area contributed by atoms with Gasteiger partial charge in [-0.15, -0.1) is 0 Å². The number of nitrogens with zero attached hydrogens (tertiary/aromatic N) is 1. The van der Waals surface area contributed by atoms with Crippen LogP contribution < -0.4 is 0 Å². The van der Waals surface area contributed by atoms with Crippen LogP contribution in [0, 0.1) is 0 Å². The van der Waals surface area contributed by atoms with E-state index in [-0.39, 0.29) is 23.6 Å². The van der Waals surface area contributed by atoms with Gasteiger partial charge in [0.25, 0.3) is 11.1 Å². The molecule has 0 atom stereocenters. The van der Waals surface area contributed by atoms with Gasteiger partial charge in [0.05, 0.1) is 17.0 Å². The number of carbonyl (C=O) groups is 4. The van der Waals surface area contributed by atoms with Crippen molar-refractivity contribution >= 4 is 46.8 Å². The molecule has 2 amide bonds. The van der Waals surface area contributed by atoms with Gasteiger partial charge in [-0.2, -0.15) is 0 Å². The molecule has 1 fully saturated rings. The van der Waals surface area contributed by atoms with Crippen molar-refractivity contribution in [2.45, 2.75) is 6.54 Å². The van der Waals surface area contributed by atoms with E-state index in [0.717, 1.165) is 27.8 Å². The number of benzene rings is 3. The molecule has 7 nitrogen and oxygen atoms in total. The van der Waals surface area contributed by atoms with E-state index >= 15 is 0 Å². The van der Waals surface area contributed by atoms with Crippen LogP contribution in [0.25, 0.3) is 12.2 Å². The Kier molecular flexibility index (Phi) is 6.93. The van der Waals surface area contributed by atoms with Gasteiger partial charge in [-0.1, -0.05) is 54.6 Å². The summed E-state index contributed by atoms with van der Waals surface area (Å²) in [5, 5.41) is 18.1. The lowest BCUT2D eigenvalue weighted by atomic mass is 10.1. The first-order valence-electron chi connectivity index (χ1n) is 10.5. The Labute approximate surface area is 205 Å². The molecule has 8 heteroatoms. The number of carboxylic acids is 1. The van der Waals surface area contributed by atoms with Gasteiger partial charge >= 0.3 is 5.97 Å². The number of amides is 2. The number of ketones is 1. The largest absolute Gasteiger partial charge is 0.508 e. The number of hydrogen-bond acceptors (Lipinski definition) is 6. The van der Waals surface area contributed by atoms with Crippen molar-refractivity contribution in [1.29, 1.82) is 0 Å². The number of imide groups is 1. The molecule has 174 valence electrons. The number of aromatic hydroxyl groups is 1. The predicted octanol–water partition coefficient (Wildman–Crippen LogP) is 5.22. The molecule has 0 saturated carbocycles. The van der Waals surface area contributed by atoms with Gasteiger partial charge < -0.3 is 10.2 Å². The lowest BCUT2D eigenvalue weighted by molar-refractivity contribution is -0.123. The van der Waals surface area contributed by atoms with Crippen LogP contribution in [-0.2, 0) is 11.3 Å². The predicted molar refractivity (Wildman–Crippen MR) is 133 cm³/mol. The molecule has 1 aliphatic rings. The summed E-state index contributed by atoms with van der Waals surface area (Å²) in [6.45, 7) is 0.0544. The first-order valence-corrected chi connectivity index (χ1v) is 11.3. The second-order valence-corrected chi connectivity index (χ2v) is 8.68. The summed E-state index contributed by atoms with van der Waals surface area (Å²) >= 11 is 0.846. The summed E-state index contributed by atoms with van der Waals surface area (Å²) in [5.41, 5.74) is 2.65. The summed E-state index contributed by atoms with van der Waals surface area (Å²) in [5.74, 6) is -1.68. The van der Waals surface area contributed by atoms with E-state index in [1.54, 1.807) is 60.7 Å². The fourth-order valence-corrected chi connectivity index (χ4v) is 4.19. The highest BCUT2D eigenvalue weighted by molar-refractivity contribution is 8.18. The summed E-state index contributed by atoms with van der Waals surface area (Å²) < 4.78 is 0. The Morgan fingerprint density at radius 2 is 1.57 bits per heavy atom. The van der Waals surface area contributed by atoms with E-state index in [1.807, 2.05) is 0 Å². The van der Waals surface area contributed by atoms with Crippen molar-refractivity contribution in [1.82, 2.24) is 4.90 Å². The van der Waals surface area contributed by atoms with Crippen molar-refractivity contribution in [2.75, 3.05) is 0 Å². The molecule has 0 unspecified atom stereocenters. The highest BCUT2D eigenvalue weighted by Crippen LogP contribution is 2.33. The second-order valence-electron chi connectivity index (χ2n) is 7.68. The van der Waals surface area contributed by atoms with Crippen molar-refractivity contribution < 1.29 is 29.4 Å². The number of rotatable bonds is 7. The Bertz CT molecular complexity index is 1370. The number of aromatic carboxylic acids is 1. The van der Waals surface area contributed by atoms with E-state index in [0.29, 0.717) is 16.0 Å². The monoisotopic (exact) mass is 485 g/mol. The number of allylic oxidation sites excluding steroid dienone is 1. The van der Waals surface area contributed by atoms with Crippen LogP contribution in [-0.4, -0.2) is 38.0 Å². The Balaban J connectivity index is 1.42. The van der Waals surface area contributed by atoms with Crippen LogP contribution in [0.5, 0.6) is 5.75 Å². The molecule has 0 spiro atoms. The topological polar surface area (TPSA) is 112 Å². The maximum absolute atomic E-state index is 12.8. The third kappa shape index (κ3) is 5.74. The van der Waals surface area contributed by atoms with Crippen LogP contribution in [0.15, 0.2) is 83.8 Å². The number of hydrogen-bond donors (Lipinski definition) is 2. The number of carboxylic acid groups (broad SMARTS) is 1. The molecule has 3 aromatic rings. The number of phenolic OH excluding ortho intramolecular Hbond substituents is 1. The summed E-state index contributed by atoms with van der Waals surface area (Å²) in [6.07, 6.45) is 4.70. The minimum absolute atomic E-state index is 0.0223. The van der Waals surface area contributed by atoms with Crippen molar-refractivity contribution in [3.05, 3.63) is 112 Å². The third-order valence-electron chi connectivity index (χ3n) is 5.21. The Hall–Kier alpha value is -4.43. The lowest BCUT2D eigenvalue weighted by Crippen LogP contribution is -2.27. The van der Waals surface area contributed by atoms with E-state index in [9.17, 15) is 24.3 Å². The summed E-state index contributed by atoms with van der Waals surface area (Å²) in [7, 11) is 0. The highest BCUT2D eigenvalue weighted by Gasteiger charge is 2.34. The fourth-order valence-electron chi connectivity index (χ4n) is 3.35. The average molecular weight is 486 g/mol. The standard InChI is InChI=1S/C27H19NO6S/c29-22-3-1-2-21(15-22)23(30)13-10-17-4-6-18(7-5-17)14-24-25(31)28(27(34)35-24)16-19-8-11-20(12-9-19)26(32)33/h1-15,29H,16H2,(H,32,33)/b13-10+,24-14-. The normalized spacial score (nSPS) is 14.7. The van der Waals surface area contributed by atoms with Gasteiger partial charge in [0, 0.05) is 5.56 Å². The minimum Gasteiger partial charge on any atom is -0.508 e. The number of thioether (sulfide) groups is 1. The van der Waals surface area contributed by atoms with Crippen LogP contribution in [0.4, 0.5) is 4.79 Å². The average Bonchev–Trinajstić information content (AvgIpc) is 3.11. The second kappa shape index (κ2) is 10.2. The summed E-state index contributed by atoms with van der Waals surface area (Å²) in [4.78, 5) is 49.8. The zero-order valence-corrected chi connectivity index (χ0v) is 19.1. The molecule has 35 heavy (non-hydrogen) atoms. The molecule has 1 heterocycles. The smallest absolute Gasteiger partial charge is 0.335 e. The maximum atomic E-state index is 12.8. The summed E-state index contributed by atoms with van der Waals surface area (Å²) in [6, 6.07) is 19.2. The molecular weight excluding hydrogens is 466 g/mol. The number of phenols is 1. The van der Waals surface area contributed by atoms with E-state index in [1.165, 1.54) is 30.3 Å². The maximum Gasteiger partial charge on any atom is 0.335 e. The van der Waals surface area contributed by atoms with Crippen LogP contribution >= 0.6 is 11.8 Å². The molecule has 1 aliphatic heterocycles. The van der Waals surface area contributed by atoms with Gasteiger partial charge in [-0.05, 0) is 64.9 Å². The first kappa shape index (κ1) is 23.7. The molecule has 0 bridgehead atoms. The van der Waals surface area contributed by atoms with Gasteiger partial charge in [0.2, 0.25) is 0 Å². The van der Waals surface area contributed by atoms with Gasteiger partial charge in [0.15, 0.2) is 5.78 Å². The molecule has 0 aliphatic carbocycles. The zero-order valence-electron chi connectivity index (χ0n) is 18.3. The SMILES string of the molecule is O=C(O)c1ccc(CN2C(=O)S/C(=C\c3ccc(/C=C/C(=O)c4cccc(O)c4)cc3)C2=O)cc1.